The summed E-state index contributed by atoms with van der Waals surface area (Å²) in [5.41, 5.74) is 0.775. The summed E-state index contributed by atoms with van der Waals surface area (Å²) in [5.74, 6) is 0.476. The maximum absolute atomic E-state index is 12.1. The van der Waals surface area contributed by atoms with Crippen LogP contribution in [0.3, 0.4) is 0 Å². The maximum Gasteiger partial charge on any atom is 0.241 e. The summed E-state index contributed by atoms with van der Waals surface area (Å²) in [5, 5.41) is 0. The molecule has 1 aromatic rings. The first-order chi connectivity index (χ1) is 7.83. The second-order valence-corrected chi connectivity index (χ2v) is 6.60. The zero-order valence-electron chi connectivity index (χ0n) is 10.9. The fourth-order valence-electron chi connectivity index (χ4n) is 1.94. The molecule has 1 rings (SSSR count). The highest BCUT2D eigenvalue weighted by Crippen LogP contribution is 2.15. The van der Waals surface area contributed by atoms with Gasteiger partial charge < -0.3 is 0 Å². The summed E-state index contributed by atoms with van der Waals surface area (Å²) >= 11 is 0. The first kappa shape index (κ1) is 14.2. The van der Waals surface area contributed by atoms with E-state index >= 15 is 0 Å². The summed E-state index contributed by atoms with van der Waals surface area (Å²) in [6.45, 7) is 7.87. The molecule has 0 bridgehead atoms. The third-order valence-corrected chi connectivity index (χ3v) is 4.31. The van der Waals surface area contributed by atoms with Crippen molar-refractivity contribution >= 4 is 10.0 Å². The van der Waals surface area contributed by atoms with Crippen molar-refractivity contribution in [2.24, 2.45) is 5.92 Å². The van der Waals surface area contributed by atoms with Crippen LogP contribution in [0.2, 0.25) is 0 Å². The summed E-state index contributed by atoms with van der Waals surface area (Å²) < 4.78 is 27.0. The Balaban J connectivity index is 2.86. The molecule has 0 fully saturated rings. The first-order valence-electron chi connectivity index (χ1n) is 5.91. The highest BCUT2D eigenvalue weighted by atomic mass is 32.2. The fourth-order valence-corrected chi connectivity index (χ4v) is 3.44. The Morgan fingerprint density at radius 2 is 1.76 bits per heavy atom. The van der Waals surface area contributed by atoms with Gasteiger partial charge in [-0.25, -0.2) is 13.1 Å². The molecule has 1 aromatic carbocycles. The Bertz CT molecular complexity index is 466. The summed E-state index contributed by atoms with van der Waals surface area (Å²) in [6, 6.07) is 6.99. The molecule has 3 nitrogen and oxygen atoms in total. The van der Waals surface area contributed by atoms with Crippen LogP contribution in [-0.4, -0.2) is 14.5 Å². The standard InChI is InChI=1S/C13H21NO2S/c1-10(2)9-12(4)14-17(15,16)13-8-6-5-7-11(13)3/h5-8,10,12,14H,9H2,1-4H3/t12-/m1/s1. The van der Waals surface area contributed by atoms with E-state index in [9.17, 15) is 8.42 Å². The molecule has 0 aliphatic rings. The molecule has 0 aliphatic heterocycles. The van der Waals surface area contributed by atoms with Gasteiger partial charge in [0.05, 0.1) is 4.90 Å². The van der Waals surface area contributed by atoms with Crippen LogP contribution in [0.4, 0.5) is 0 Å². The van der Waals surface area contributed by atoms with Gasteiger partial charge >= 0.3 is 0 Å². The van der Waals surface area contributed by atoms with Gasteiger partial charge in [0, 0.05) is 6.04 Å². The third kappa shape index (κ3) is 4.13. The van der Waals surface area contributed by atoms with Crippen molar-refractivity contribution in [2.45, 2.75) is 45.1 Å². The van der Waals surface area contributed by atoms with Crippen LogP contribution in [0.1, 0.15) is 32.8 Å². The van der Waals surface area contributed by atoms with Gasteiger partial charge in [-0.15, -0.1) is 0 Å². The van der Waals surface area contributed by atoms with Gasteiger partial charge in [0.15, 0.2) is 0 Å². The lowest BCUT2D eigenvalue weighted by molar-refractivity contribution is 0.482. The Morgan fingerprint density at radius 3 is 2.29 bits per heavy atom. The van der Waals surface area contributed by atoms with Crippen molar-refractivity contribution in [1.29, 1.82) is 0 Å². The molecule has 0 unspecified atom stereocenters. The number of benzene rings is 1. The van der Waals surface area contributed by atoms with Crippen molar-refractivity contribution in [1.82, 2.24) is 4.72 Å². The lowest BCUT2D eigenvalue weighted by atomic mass is 10.1. The zero-order chi connectivity index (χ0) is 13.1. The van der Waals surface area contributed by atoms with E-state index in [1.54, 1.807) is 12.1 Å². The molecule has 0 heterocycles. The Hall–Kier alpha value is -0.870. The SMILES string of the molecule is Cc1ccccc1S(=O)(=O)N[C@H](C)CC(C)C. The fraction of sp³-hybridized carbons (Fsp3) is 0.538. The molecule has 0 amide bonds. The van der Waals surface area contributed by atoms with Crippen LogP contribution in [0, 0.1) is 12.8 Å². The largest absolute Gasteiger partial charge is 0.241 e. The lowest BCUT2D eigenvalue weighted by Gasteiger charge is -2.17. The summed E-state index contributed by atoms with van der Waals surface area (Å²) in [4.78, 5) is 0.371. The Morgan fingerprint density at radius 1 is 1.18 bits per heavy atom. The molecular formula is C13H21NO2S. The minimum absolute atomic E-state index is 0.0420. The third-order valence-electron chi connectivity index (χ3n) is 2.56. The van der Waals surface area contributed by atoms with Crippen molar-refractivity contribution < 1.29 is 8.42 Å². The van der Waals surface area contributed by atoms with Crippen LogP contribution in [0.15, 0.2) is 29.2 Å². The van der Waals surface area contributed by atoms with E-state index in [2.05, 4.69) is 18.6 Å². The van der Waals surface area contributed by atoms with Crippen LogP contribution in [0.5, 0.6) is 0 Å². The molecule has 0 saturated heterocycles. The summed E-state index contributed by atoms with van der Waals surface area (Å²) in [7, 11) is -3.39. The number of aryl methyl sites for hydroxylation is 1. The quantitative estimate of drug-likeness (QED) is 0.879. The van der Waals surface area contributed by atoms with Crippen molar-refractivity contribution in [2.75, 3.05) is 0 Å². The topological polar surface area (TPSA) is 46.2 Å². The minimum Gasteiger partial charge on any atom is -0.208 e. The van der Waals surface area contributed by atoms with Crippen LogP contribution in [0.25, 0.3) is 0 Å². The number of hydrogen-bond acceptors (Lipinski definition) is 2. The van der Waals surface area contributed by atoms with E-state index in [0.717, 1.165) is 12.0 Å². The predicted molar refractivity (Wildman–Crippen MR) is 70.4 cm³/mol. The molecule has 0 aliphatic carbocycles. The number of hydrogen-bond donors (Lipinski definition) is 1. The van der Waals surface area contributed by atoms with Gasteiger partial charge in [-0.2, -0.15) is 0 Å². The summed E-state index contributed by atoms with van der Waals surface area (Å²) in [6.07, 6.45) is 0.838. The minimum atomic E-state index is -3.39. The molecule has 1 N–H and O–H groups in total. The Kier molecular flexibility index (Phi) is 4.71. The second kappa shape index (κ2) is 5.65. The average molecular weight is 255 g/mol. The molecule has 0 aromatic heterocycles. The first-order valence-corrected chi connectivity index (χ1v) is 7.39. The molecule has 0 saturated carbocycles. The van der Waals surface area contributed by atoms with Crippen LogP contribution in [-0.2, 0) is 10.0 Å². The molecule has 0 spiro atoms. The van der Waals surface area contributed by atoms with E-state index in [1.807, 2.05) is 26.0 Å². The second-order valence-electron chi connectivity index (χ2n) is 4.92. The van der Waals surface area contributed by atoms with Crippen molar-refractivity contribution in [3.05, 3.63) is 29.8 Å². The highest BCUT2D eigenvalue weighted by Gasteiger charge is 2.19. The van der Waals surface area contributed by atoms with Crippen molar-refractivity contribution in [3.8, 4) is 0 Å². The van der Waals surface area contributed by atoms with E-state index in [4.69, 9.17) is 0 Å². The molecule has 1 atom stereocenters. The molecule has 17 heavy (non-hydrogen) atoms. The van der Waals surface area contributed by atoms with Gasteiger partial charge in [0.1, 0.15) is 0 Å². The van der Waals surface area contributed by atoms with Gasteiger partial charge in [-0.3, -0.25) is 0 Å². The Labute approximate surface area is 104 Å². The molecular weight excluding hydrogens is 234 g/mol. The van der Waals surface area contributed by atoms with Gasteiger partial charge in [-0.1, -0.05) is 32.0 Å². The van der Waals surface area contributed by atoms with Gasteiger partial charge in [-0.05, 0) is 37.8 Å². The number of sulfonamides is 1. The number of rotatable bonds is 5. The molecule has 96 valence electrons. The van der Waals surface area contributed by atoms with E-state index in [0.29, 0.717) is 10.8 Å². The van der Waals surface area contributed by atoms with E-state index in [1.165, 1.54) is 0 Å². The average Bonchev–Trinajstić information content (AvgIpc) is 2.15. The molecule has 0 radical (unpaired) electrons. The smallest absolute Gasteiger partial charge is 0.208 e. The maximum atomic E-state index is 12.1. The lowest BCUT2D eigenvalue weighted by Crippen LogP contribution is -2.33. The zero-order valence-corrected chi connectivity index (χ0v) is 11.7. The predicted octanol–water partition coefficient (Wildman–Crippen LogP) is 2.71. The highest BCUT2D eigenvalue weighted by molar-refractivity contribution is 7.89. The van der Waals surface area contributed by atoms with E-state index in [-0.39, 0.29) is 6.04 Å². The molecule has 4 heteroatoms. The van der Waals surface area contributed by atoms with E-state index < -0.39 is 10.0 Å². The van der Waals surface area contributed by atoms with Gasteiger partial charge in [0.25, 0.3) is 0 Å². The van der Waals surface area contributed by atoms with Crippen LogP contribution >= 0.6 is 0 Å². The van der Waals surface area contributed by atoms with Gasteiger partial charge in [0.2, 0.25) is 10.0 Å². The monoisotopic (exact) mass is 255 g/mol. The van der Waals surface area contributed by atoms with Crippen LogP contribution < -0.4 is 4.72 Å². The normalized spacial score (nSPS) is 13.9. The number of nitrogens with one attached hydrogen (secondary N) is 1. The van der Waals surface area contributed by atoms with Crippen molar-refractivity contribution in [3.63, 3.8) is 0 Å².